The van der Waals surface area contributed by atoms with Crippen molar-refractivity contribution < 1.29 is 4.74 Å². The molecular weight excluding hydrogens is 338 g/mol. The number of pyridine rings is 1. The van der Waals surface area contributed by atoms with Gasteiger partial charge in [-0.15, -0.1) is 17.0 Å². The van der Waals surface area contributed by atoms with E-state index in [-0.39, 0.29) is 17.0 Å². The molecule has 4 nitrogen and oxygen atoms in total. The molecule has 0 amide bonds. The molecule has 0 aliphatic carbocycles. The predicted octanol–water partition coefficient (Wildman–Crippen LogP) is 2.75. The van der Waals surface area contributed by atoms with Gasteiger partial charge >= 0.3 is 0 Å². The van der Waals surface area contributed by atoms with Gasteiger partial charge in [0, 0.05) is 23.2 Å². The SMILES string of the molecule is Br.COc1cncc(-n2cc(CBr)cn2)c1. The van der Waals surface area contributed by atoms with E-state index in [9.17, 15) is 0 Å². The zero-order valence-electron chi connectivity index (χ0n) is 8.63. The second-order valence-electron chi connectivity index (χ2n) is 3.01. The second kappa shape index (κ2) is 6.00. The standard InChI is InChI=1S/C10H10BrN3O.BrH/c1-15-10-2-9(5-12-6-10)14-7-8(3-11)4-13-14;/h2,4-7H,3H2,1H3;1H. The summed E-state index contributed by atoms with van der Waals surface area (Å²) in [5, 5.41) is 5.02. The molecule has 0 saturated carbocycles. The lowest BCUT2D eigenvalue weighted by molar-refractivity contribution is 0.412. The van der Waals surface area contributed by atoms with Crippen LogP contribution < -0.4 is 4.74 Å². The van der Waals surface area contributed by atoms with E-state index in [1.54, 1.807) is 24.2 Å². The van der Waals surface area contributed by atoms with Gasteiger partial charge in [0.1, 0.15) is 5.75 Å². The maximum atomic E-state index is 5.10. The van der Waals surface area contributed by atoms with E-state index in [1.165, 1.54) is 0 Å². The topological polar surface area (TPSA) is 39.9 Å². The van der Waals surface area contributed by atoms with Gasteiger partial charge in [0.2, 0.25) is 0 Å². The Morgan fingerprint density at radius 2 is 2.19 bits per heavy atom. The number of methoxy groups -OCH3 is 1. The van der Waals surface area contributed by atoms with Crippen LogP contribution in [0.15, 0.2) is 30.9 Å². The first-order valence-electron chi connectivity index (χ1n) is 4.42. The fraction of sp³-hybridized carbons (Fsp3) is 0.200. The summed E-state index contributed by atoms with van der Waals surface area (Å²) in [6, 6.07) is 1.89. The molecule has 0 atom stereocenters. The highest BCUT2D eigenvalue weighted by Gasteiger charge is 2.01. The molecule has 0 aliphatic rings. The molecule has 0 unspecified atom stereocenters. The van der Waals surface area contributed by atoms with Crippen molar-refractivity contribution in [1.29, 1.82) is 0 Å². The van der Waals surface area contributed by atoms with Crippen LogP contribution in [0.5, 0.6) is 5.75 Å². The number of ether oxygens (including phenoxy) is 1. The maximum Gasteiger partial charge on any atom is 0.139 e. The monoisotopic (exact) mass is 347 g/mol. The van der Waals surface area contributed by atoms with Crippen LogP contribution in [-0.2, 0) is 5.33 Å². The molecule has 0 spiro atoms. The lowest BCUT2D eigenvalue weighted by atomic mass is 10.4. The van der Waals surface area contributed by atoms with Gasteiger partial charge in [0.05, 0.1) is 31.4 Å². The van der Waals surface area contributed by atoms with Crippen LogP contribution in [0, 0.1) is 0 Å². The Hall–Kier alpha value is -0.880. The van der Waals surface area contributed by atoms with E-state index in [0.717, 1.165) is 22.3 Å². The number of hydrogen-bond acceptors (Lipinski definition) is 3. The number of halogens is 2. The van der Waals surface area contributed by atoms with E-state index in [0.29, 0.717) is 0 Å². The molecule has 0 bridgehead atoms. The minimum Gasteiger partial charge on any atom is -0.495 e. The lowest BCUT2D eigenvalue weighted by Gasteiger charge is -2.02. The first-order valence-corrected chi connectivity index (χ1v) is 5.54. The second-order valence-corrected chi connectivity index (χ2v) is 3.57. The Kier molecular flexibility index (Phi) is 4.95. The van der Waals surface area contributed by atoms with Crippen LogP contribution in [0.3, 0.4) is 0 Å². The van der Waals surface area contributed by atoms with Crippen molar-refractivity contribution in [2.24, 2.45) is 0 Å². The van der Waals surface area contributed by atoms with E-state index < -0.39 is 0 Å². The molecule has 0 aliphatic heterocycles. The molecule has 0 radical (unpaired) electrons. The van der Waals surface area contributed by atoms with Crippen molar-refractivity contribution in [3.8, 4) is 11.4 Å². The van der Waals surface area contributed by atoms with Crippen LogP contribution >= 0.6 is 32.9 Å². The van der Waals surface area contributed by atoms with Crippen molar-refractivity contribution in [3.63, 3.8) is 0 Å². The molecule has 0 fully saturated rings. The van der Waals surface area contributed by atoms with Crippen molar-refractivity contribution in [1.82, 2.24) is 14.8 Å². The van der Waals surface area contributed by atoms with Crippen LogP contribution in [0.25, 0.3) is 5.69 Å². The first-order chi connectivity index (χ1) is 7.33. The fourth-order valence-corrected chi connectivity index (χ4v) is 1.50. The average molecular weight is 349 g/mol. The van der Waals surface area contributed by atoms with Gasteiger partial charge in [-0.2, -0.15) is 5.10 Å². The smallest absolute Gasteiger partial charge is 0.139 e. The molecule has 0 aromatic carbocycles. The summed E-state index contributed by atoms with van der Waals surface area (Å²) >= 11 is 3.38. The third-order valence-electron chi connectivity index (χ3n) is 1.99. The maximum absolute atomic E-state index is 5.10. The van der Waals surface area contributed by atoms with Crippen molar-refractivity contribution >= 4 is 32.9 Å². The highest BCUT2D eigenvalue weighted by Crippen LogP contribution is 2.14. The normalized spacial score (nSPS) is 9.62. The first kappa shape index (κ1) is 13.2. The molecule has 2 aromatic heterocycles. The third-order valence-corrected chi connectivity index (χ3v) is 2.64. The quantitative estimate of drug-likeness (QED) is 0.801. The minimum atomic E-state index is 0. The fourth-order valence-electron chi connectivity index (χ4n) is 1.21. The Morgan fingerprint density at radius 3 is 2.81 bits per heavy atom. The number of alkyl halides is 1. The summed E-state index contributed by atoms with van der Waals surface area (Å²) in [5.41, 5.74) is 2.01. The van der Waals surface area contributed by atoms with Crippen LogP contribution in [0.1, 0.15) is 5.56 Å². The molecule has 2 rings (SSSR count). The summed E-state index contributed by atoms with van der Waals surface area (Å²) in [5.74, 6) is 0.725. The zero-order chi connectivity index (χ0) is 10.7. The lowest BCUT2D eigenvalue weighted by Crippen LogP contribution is -1.95. The van der Waals surface area contributed by atoms with Crippen LogP contribution in [0.4, 0.5) is 0 Å². The van der Waals surface area contributed by atoms with Crippen LogP contribution in [-0.4, -0.2) is 21.9 Å². The number of aromatic nitrogens is 3. The third kappa shape index (κ3) is 2.82. The van der Waals surface area contributed by atoms with Gasteiger partial charge in [-0.1, -0.05) is 15.9 Å². The molecule has 2 aromatic rings. The highest BCUT2D eigenvalue weighted by atomic mass is 79.9. The summed E-state index contributed by atoms with van der Waals surface area (Å²) < 4.78 is 6.87. The molecule has 6 heteroatoms. The summed E-state index contributed by atoms with van der Waals surface area (Å²) in [4.78, 5) is 4.07. The molecule has 0 saturated heterocycles. The largest absolute Gasteiger partial charge is 0.495 e. The zero-order valence-corrected chi connectivity index (χ0v) is 11.9. The Morgan fingerprint density at radius 1 is 1.38 bits per heavy atom. The van der Waals surface area contributed by atoms with E-state index in [2.05, 4.69) is 26.0 Å². The predicted molar refractivity (Wildman–Crippen MR) is 70.9 cm³/mol. The Bertz CT molecular complexity index is 459. The average Bonchev–Trinajstić information content (AvgIpc) is 2.78. The van der Waals surface area contributed by atoms with Gasteiger partial charge < -0.3 is 4.74 Å². The van der Waals surface area contributed by atoms with Crippen LogP contribution in [0.2, 0.25) is 0 Å². The van der Waals surface area contributed by atoms with Crippen molar-refractivity contribution in [2.75, 3.05) is 7.11 Å². The molecule has 16 heavy (non-hydrogen) atoms. The van der Waals surface area contributed by atoms with Gasteiger partial charge in [0.25, 0.3) is 0 Å². The summed E-state index contributed by atoms with van der Waals surface area (Å²) in [6.45, 7) is 0. The number of hydrogen-bond donors (Lipinski definition) is 0. The van der Waals surface area contributed by atoms with Gasteiger partial charge in [-0.25, -0.2) is 4.68 Å². The van der Waals surface area contributed by atoms with E-state index in [4.69, 9.17) is 4.74 Å². The highest BCUT2D eigenvalue weighted by molar-refractivity contribution is 9.08. The van der Waals surface area contributed by atoms with E-state index >= 15 is 0 Å². The number of rotatable bonds is 3. The van der Waals surface area contributed by atoms with Crippen molar-refractivity contribution in [3.05, 3.63) is 36.4 Å². The van der Waals surface area contributed by atoms with Crippen molar-refractivity contribution in [2.45, 2.75) is 5.33 Å². The van der Waals surface area contributed by atoms with E-state index in [1.807, 2.05) is 18.5 Å². The summed E-state index contributed by atoms with van der Waals surface area (Å²) in [7, 11) is 1.62. The molecule has 86 valence electrons. The van der Waals surface area contributed by atoms with Gasteiger partial charge in [-0.3, -0.25) is 4.98 Å². The Balaban J connectivity index is 0.00000128. The molecule has 0 N–H and O–H groups in total. The molecule has 2 heterocycles. The molecular formula is C10H11Br2N3O. The van der Waals surface area contributed by atoms with Gasteiger partial charge in [0.15, 0.2) is 0 Å². The number of nitrogens with zero attached hydrogens (tertiary/aromatic N) is 3. The Labute approximate surface area is 113 Å². The minimum absolute atomic E-state index is 0. The summed E-state index contributed by atoms with van der Waals surface area (Å²) in [6.07, 6.45) is 7.17. The van der Waals surface area contributed by atoms with Gasteiger partial charge in [-0.05, 0) is 0 Å².